The predicted molar refractivity (Wildman–Crippen MR) is 196 cm³/mol. The molecule has 0 bridgehead atoms. The van der Waals surface area contributed by atoms with Gasteiger partial charge in [0.05, 0.1) is 22.2 Å². The van der Waals surface area contributed by atoms with Crippen LogP contribution in [0.5, 0.6) is 0 Å². The van der Waals surface area contributed by atoms with Crippen LogP contribution in [0.25, 0.3) is 83.3 Å². The molecule has 3 heteroatoms. The first-order valence-corrected chi connectivity index (χ1v) is 15.9. The summed E-state index contributed by atoms with van der Waals surface area (Å²) in [6, 6.07) is 62.0. The largest absolute Gasteiger partial charge is 0.309 e. The molecule has 0 saturated heterocycles. The highest BCUT2D eigenvalue weighted by Gasteiger charge is 2.20. The Morgan fingerprint density at radius 2 is 0.957 bits per heavy atom. The number of benzene rings is 7. The molecule has 7 aromatic carbocycles. The van der Waals surface area contributed by atoms with Gasteiger partial charge in [0, 0.05) is 38.5 Å². The average molecular weight is 600 g/mol. The number of aromatic nitrogens is 3. The summed E-state index contributed by atoms with van der Waals surface area (Å²) in [7, 11) is 0. The van der Waals surface area contributed by atoms with Crippen LogP contribution in [-0.4, -0.2) is 14.5 Å². The number of para-hydroxylation sites is 2. The quantitative estimate of drug-likeness (QED) is 0.197. The maximum Gasteiger partial charge on any atom is 0.160 e. The van der Waals surface area contributed by atoms with Gasteiger partial charge in [0.25, 0.3) is 0 Å². The Labute approximate surface area is 273 Å². The molecule has 0 fully saturated rings. The highest BCUT2D eigenvalue weighted by molar-refractivity contribution is 6.16. The third kappa shape index (κ3) is 4.60. The van der Waals surface area contributed by atoms with E-state index in [-0.39, 0.29) is 0 Å². The van der Waals surface area contributed by atoms with Gasteiger partial charge in [-0.1, -0.05) is 152 Å². The van der Waals surface area contributed by atoms with E-state index in [1.165, 1.54) is 32.9 Å². The van der Waals surface area contributed by atoms with Crippen LogP contribution in [-0.2, 0) is 0 Å². The zero-order valence-corrected chi connectivity index (χ0v) is 25.6. The van der Waals surface area contributed by atoms with Gasteiger partial charge in [-0.2, -0.15) is 0 Å². The van der Waals surface area contributed by atoms with Crippen LogP contribution in [0.1, 0.15) is 0 Å². The highest BCUT2D eigenvalue weighted by Crippen LogP contribution is 2.42. The SMILES string of the molecule is c1ccc(-c2ccc(-n3c4ccccc4c4cccc(-c5cccc6nc(-c7ccccc7)nc(-c7ccccc7)c56)c43)cc2)cc1. The van der Waals surface area contributed by atoms with Crippen molar-refractivity contribution in [2.24, 2.45) is 0 Å². The summed E-state index contributed by atoms with van der Waals surface area (Å²) in [4.78, 5) is 10.4. The van der Waals surface area contributed by atoms with E-state index >= 15 is 0 Å². The number of fused-ring (bicyclic) bond motifs is 4. The van der Waals surface area contributed by atoms with Gasteiger partial charge in [0.1, 0.15) is 0 Å². The summed E-state index contributed by atoms with van der Waals surface area (Å²) in [5, 5.41) is 3.48. The Morgan fingerprint density at radius 3 is 1.70 bits per heavy atom. The fraction of sp³-hybridized carbons (Fsp3) is 0. The molecule has 9 aromatic rings. The maximum atomic E-state index is 5.25. The lowest BCUT2D eigenvalue weighted by molar-refractivity contribution is 1.18. The number of hydrogen-bond donors (Lipinski definition) is 0. The summed E-state index contributed by atoms with van der Waals surface area (Å²) in [5.74, 6) is 0.722. The second-order valence-electron chi connectivity index (χ2n) is 11.8. The molecule has 0 amide bonds. The Balaban J connectivity index is 1.34. The molecule has 2 heterocycles. The van der Waals surface area contributed by atoms with Gasteiger partial charge in [-0.3, -0.25) is 0 Å². The Kier molecular flexibility index (Phi) is 6.46. The predicted octanol–water partition coefficient (Wildman–Crippen LogP) is 11.4. The minimum absolute atomic E-state index is 0.722. The molecule has 220 valence electrons. The van der Waals surface area contributed by atoms with Gasteiger partial charge in [0.2, 0.25) is 0 Å². The average Bonchev–Trinajstić information content (AvgIpc) is 3.50. The van der Waals surface area contributed by atoms with Gasteiger partial charge in [-0.15, -0.1) is 0 Å². The van der Waals surface area contributed by atoms with E-state index in [1.807, 2.05) is 24.3 Å². The van der Waals surface area contributed by atoms with Crippen molar-refractivity contribution in [3.8, 4) is 50.6 Å². The van der Waals surface area contributed by atoms with Crippen molar-refractivity contribution in [1.82, 2.24) is 14.5 Å². The van der Waals surface area contributed by atoms with E-state index in [1.54, 1.807) is 0 Å². The maximum absolute atomic E-state index is 5.25. The van der Waals surface area contributed by atoms with Gasteiger partial charge in [-0.05, 0) is 41.0 Å². The Bertz CT molecular complexity index is 2530. The first kappa shape index (κ1) is 27.0. The van der Waals surface area contributed by atoms with Crippen LogP contribution < -0.4 is 0 Å². The number of nitrogens with zero attached hydrogens (tertiary/aromatic N) is 3. The van der Waals surface area contributed by atoms with Crippen molar-refractivity contribution in [2.75, 3.05) is 0 Å². The van der Waals surface area contributed by atoms with Crippen molar-refractivity contribution in [3.05, 3.63) is 176 Å². The molecular formula is C44H29N3. The fourth-order valence-corrected chi connectivity index (χ4v) is 6.87. The van der Waals surface area contributed by atoms with Gasteiger partial charge in [0.15, 0.2) is 5.82 Å². The summed E-state index contributed by atoms with van der Waals surface area (Å²) in [5.41, 5.74) is 12.0. The Hall–Kier alpha value is -6.32. The molecule has 0 N–H and O–H groups in total. The molecule has 0 aliphatic rings. The van der Waals surface area contributed by atoms with Crippen molar-refractivity contribution in [3.63, 3.8) is 0 Å². The molecule has 47 heavy (non-hydrogen) atoms. The molecule has 0 unspecified atom stereocenters. The van der Waals surface area contributed by atoms with Crippen LogP contribution in [0.3, 0.4) is 0 Å². The second-order valence-corrected chi connectivity index (χ2v) is 11.8. The van der Waals surface area contributed by atoms with Gasteiger partial charge >= 0.3 is 0 Å². The Morgan fingerprint density at radius 1 is 0.383 bits per heavy atom. The summed E-state index contributed by atoms with van der Waals surface area (Å²) in [6.45, 7) is 0. The van der Waals surface area contributed by atoms with Crippen molar-refractivity contribution in [2.45, 2.75) is 0 Å². The van der Waals surface area contributed by atoms with Crippen LogP contribution in [0.2, 0.25) is 0 Å². The van der Waals surface area contributed by atoms with E-state index in [0.717, 1.165) is 50.4 Å². The minimum atomic E-state index is 0.722. The van der Waals surface area contributed by atoms with E-state index in [2.05, 4.69) is 156 Å². The lowest BCUT2D eigenvalue weighted by Gasteiger charge is -2.16. The van der Waals surface area contributed by atoms with Gasteiger partial charge in [-0.25, -0.2) is 9.97 Å². The molecule has 0 saturated carbocycles. The minimum Gasteiger partial charge on any atom is -0.309 e. The topological polar surface area (TPSA) is 30.7 Å². The molecule has 0 atom stereocenters. The van der Waals surface area contributed by atoms with Crippen molar-refractivity contribution in [1.29, 1.82) is 0 Å². The first-order chi connectivity index (χ1) is 23.3. The van der Waals surface area contributed by atoms with Crippen LogP contribution in [0.4, 0.5) is 0 Å². The van der Waals surface area contributed by atoms with Crippen LogP contribution >= 0.6 is 0 Å². The lowest BCUT2D eigenvalue weighted by Crippen LogP contribution is -1.99. The lowest BCUT2D eigenvalue weighted by atomic mass is 9.94. The first-order valence-electron chi connectivity index (χ1n) is 15.9. The van der Waals surface area contributed by atoms with E-state index in [0.29, 0.717) is 0 Å². The zero-order chi connectivity index (χ0) is 31.2. The molecule has 0 aliphatic heterocycles. The molecule has 3 nitrogen and oxygen atoms in total. The molecule has 0 aliphatic carbocycles. The number of hydrogen-bond acceptors (Lipinski definition) is 2. The summed E-state index contributed by atoms with van der Waals surface area (Å²) < 4.78 is 2.41. The van der Waals surface area contributed by atoms with E-state index in [9.17, 15) is 0 Å². The van der Waals surface area contributed by atoms with Gasteiger partial charge < -0.3 is 4.57 Å². The monoisotopic (exact) mass is 599 g/mol. The molecule has 0 radical (unpaired) electrons. The number of rotatable bonds is 5. The molecule has 9 rings (SSSR count). The third-order valence-corrected chi connectivity index (χ3v) is 9.02. The summed E-state index contributed by atoms with van der Waals surface area (Å²) in [6.07, 6.45) is 0. The molecule has 0 spiro atoms. The van der Waals surface area contributed by atoms with E-state index in [4.69, 9.17) is 9.97 Å². The smallest absolute Gasteiger partial charge is 0.160 e. The summed E-state index contributed by atoms with van der Waals surface area (Å²) >= 11 is 0. The van der Waals surface area contributed by atoms with Crippen LogP contribution in [0.15, 0.2) is 176 Å². The second kappa shape index (κ2) is 11.2. The van der Waals surface area contributed by atoms with Crippen molar-refractivity contribution < 1.29 is 0 Å². The highest BCUT2D eigenvalue weighted by atomic mass is 15.0. The zero-order valence-electron chi connectivity index (χ0n) is 25.6. The van der Waals surface area contributed by atoms with Crippen molar-refractivity contribution >= 4 is 32.7 Å². The normalized spacial score (nSPS) is 11.4. The van der Waals surface area contributed by atoms with Crippen LogP contribution in [0, 0.1) is 0 Å². The fourth-order valence-electron chi connectivity index (χ4n) is 6.87. The third-order valence-electron chi connectivity index (χ3n) is 9.02. The molecular weight excluding hydrogens is 571 g/mol. The molecule has 2 aromatic heterocycles. The standard InChI is InChI=1S/C44H29N3/c1-4-14-30(15-5-1)31-26-28-34(29-27-31)47-40-25-11-10-20-35(40)37-22-12-23-38(43(37)47)36-21-13-24-39-41(36)42(32-16-6-2-7-17-32)46-44(45-39)33-18-8-3-9-19-33/h1-29H. The van der Waals surface area contributed by atoms with E-state index < -0.39 is 0 Å².